The number of nitrogens with one attached hydrogen (secondary N) is 1. The normalized spacial score (nSPS) is 16.2. The van der Waals surface area contributed by atoms with Crippen LogP contribution in [0.5, 0.6) is 0 Å². The molecule has 1 aliphatic heterocycles. The van der Waals surface area contributed by atoms with Crippen molar-refractivity contribution in [2.45, 2.75) is 18.5 Å². The van der Waals surface area contributed by atoms with Gasteiger partial charge in [-0.15, -0.1) is 0 Å². The molecule has 0 saturated heterocycles. The first-order chi connectivity index (χ1) is 13.8. The molecule has 3 aromatic rings. The highest BCUT2D eigenvalue weighted by Gasteiger charge is 2.35. The second-order valence-corrected chi connectivity index (χ2v) is 6.62. The number of carbonyl (C=O) groups excluding carboxylic acids is 1. The molecule has 1 amide bonds. The largest absolute Gasteiger partial charge is 0.478 e. The van der Waals surface area contributed by atoms with Crippen LogP contribution in [0.2, 0.25) is 0 Å². The maximum absolute atomic E-state index is 13.2. The van der Waals surface area contributed by atoms with E-state index in [1.54, 1.807) is 24.5 Å². The van der Waals surface area contributed by atoms with E-state index in [1.165, 1.54) is 22.9 Å². The van der Waals surface area contributed by atoms with E-state index in [0.29, 0.717) is 11.3 Å². The smallest absolute Gasteiger partial charge is 0.416 e. The molecule has 1 aromatic carbocycles. The summed E-state index contributed by atoms with van der Waals surface area (Å²) in [4.78, 5) is 28.0. The van der Waals surface area contributed by atoms with Crippen LogP contribution in [-0.4, -0.2) is 26.5 Å². The monoisotopic (exact) mass is 401 g/mol. The van der Waals surface area contributed by atoms with Gasteiger partial charge in [0.05, 0.1) is 16.9 Å². The summed E-state index contributed by atoms with van der Waals surface area (Å²) in [5.41, 5.74) is 0.237. The Morgan fingerprint density at radius 2 is 2.03 bits per heavy atom. The average molecular weight is 401 g/mol. The molecule has 0 saturated carbocycles. The fraction of sp³-hybridized carbons (Fsp3) is 0.150. The van der Waals surface area contributed by atoms with Crippen molar-refractivity contribution in [3.63, 3.8) is 0 Å². The Morgan fingerprint density at radius 3 is 2.69 bits per heavy atom. The fourth-order valence-electron chi connectivity index (χ4n) is 3.53. The van der Waals surface area contributed by atoms with Crippen LogP contribution in [0.15, 0.2) is 55.0 Å². The zero-order chi connectivity index (χ0) is 20.8. The van der Waals surface area contributed by atoms with Gasteiger partial charge in [0.25, 0.3) is 0 Å². The highest BCUT2D eigenvalue weighted by atomic mass is 19.4. The molecule has 148 valence electrons. The van der Waals surface area contributed by atoms with Crippen molar-refractivity contribution in [1.29, 1.82) is 0 Å². The third-order valence-corrected chi connectivity index (χ3v) is 4.80. The van der Waals surface area contributed by atoms with Crippen LogP contribution >= 0.6 is 0 Å². The molecule has 0 fully saturated rings. The Kier molecular flexibility index (Phi) is 4.37. The van der Waals surface area contributed by atoms with E-state index in [9.17, 15) is 27.9 Å². The van der Waals surface area contributed by atoms with Gasteiger partial charge < -0.3 is 15.0 Å². The molecule has 4 rings (SSSR count). The van der Waals surface area contributed by atoms with Gasteiger partial charge in [-0.1, -0.05) is 12.1 Å². The molecule has 9 heteroatoms. The zero-order valence-corrected chi connectivity index (χ0v) is 14.8. The maximum atomic E-state index is 13.2. The Balaban J connectivity index is 1.96. The number of rotatable bonds is 3. The molecule has 0 radical (unpaired) electrons. The number of amides is 1. The van der Waals surface area contributed by atoms with Crippen LogP contribution in [0.1, 0.15) is 39.5 Å². The van der Waals surface area contributed by atoms with E-state index in [1.807, 2.05) is 0 Å². The Labute approximate surface area is 162 Å². The van der Waals surface area contributed by atoms with E-state index in [-0.39, 0.29) is 29.3 Å². The molecule has 29 heavy (non-hydrogen) atoms. The van der Waals surface area contributed by atoms with Crippen molar-refractivity contribution in [3.8, 4) is 5.69 Å². The first-order valence-corrected chi connectivity index (χ1v) is 8.61. The molecular weight excluding hydrogens is 387 g/mol. The number of carboxylic acid groups (broad SMARTS) is 1. The second kappa shape index (κ2) is 6.77. The number of aromatic carboxylic acids is 1. The van der Waals surface area contributed by atoms with Crippen molar-refractivity contribution in [1.82, 2.24) is 9.55 Å². The number of benzene rings is 1. The Hall–Kier alpha value is -3.62. The van der Waals surface area contributed by atoms with E-state index in [0.717, 1.165) is 12.1 Å². The highest BCUT2D eigenvalue weighted by molar-refractivity contribution is 6.04. The fourth-order valence-corrected chi connectivity index (χ4v) is 3.53. The van der Waals surface area contributed by atoms with Crippen molar-refractivity contribution in [2.24, 2.45) is 0 Å². The van der Waals surface area contributed by atoms with Gasteiger partial charge in [0, 0.05) is 36.6 Å². The first-order valence-electron chi connectivity index (χ1n) is 8.61. The number of hydrogen-bond acceptors (Lipinski definition) is 3. The maximum Gasteiger partial charge on any atom is 0.416 e. The van der Waals surface area contributed by atoms with Gasteiger partial charge in [0.1, 0.15) is 5.56 Å². The average Bonchev–Trinajstić information content (AvgIpc) is 3.07. The lowest BCUT2D eigenvalue weighted by molar-refractivity contribution is -0.137. The molecule has 1 aliphatic rings. The van der Waals surface area contributed by atoms with E-state index < -0.39 is 23.6 Å². The van der Waals surface area contributed by atoms with Gasteiger partial charge in [-0.05, 0) is 29.8 Å². The summed E-state index contributed by atoms with van der Waals surface area (Å²) in [5.74, 6) is -2.23. The van der Waals surface area contributed by atoms with Gasteiger partial charge in [-0.2, -0.15) is 13.2 Å². The number of anilines is 1. The quantitative estimate of drug-likeness (QED) is 0.693. The number of carboxylic acids is 1. The molecule has 1 atom stereocenters. The lowest BCUT2D eigenvalue weighted by atomic mass is 9.89. The molecule has 0 bridgehead atoms. The van der Waals surface area contributed by atoms with Gasteiger partial charge in [-0.25, -0.2) is 4.79 Å². The molecule has 3 heterocycles. The van der Waals surface area contributed by atoms with Crippen LogP contribution < -0.4 is 5.32 Å². The molecule has 6 nitrogen and oxygen atoms in total. The summed E-state index contributed by atoms with van der Waals surface area (Å²) in [6, 6.07) is 8.02. The number of nitrogens with zero attached hydrogens (tertiary/aromatic N) is 2. The standard InChI is InChI=1S/C20H14F3N3O3/c21-20(22,23)12-4-1-5-13(7-12)26-10-15(19(28)29)17-18(26)14(8-16(27)25-17)11-3-2-6-24-9-11/h1-7,9-10,14H,8H2,(H,25,27)(H,28,29). The lowest BCUT2D eigenvalue weighted by Crippen LogP contribution is -2.25. The molecule has 2 aromatic heterocycles. The Morgan fingerprint density at radius 1 is 1.24 bits per heavy atom. The number of aromatic nitrogens is 2. The van der Waals surface area contributed by atoms with Crippen LogP contribution in [0.25, 0.3) is 5.69 Å². The van der Waals surface area contributed by atoms with Crippen LogP contribution in [0.3, 0.4) is 0 Å². The number of pyridine rings is 1. The summed E-state index contributed by atoms with van der Waals surface area (Å²) in [6.45, 7) is 0. The second-order valence-electron chi connectivity index (χ2n) is 6.62. The van der Waals surface area contributed by atoms with E-state index >= 15 is 0 Å². The Bertz CT molecular complexity index is 1110. The van der Waals surface area contributed by atoms with Gasteiger partial charge in [0.15, 0.2) is 0 Å². The summed E-state index contributed by atoms with van der Waals surface area (Å²) in [6.07, 6.45) is -0.188. The number of alkyl halides is 3. The number of carbonyl (C=O) groups is 2. The van der Waals surface area contributed by atoms with Gasteiger partial charge in [0.2, 0.25) is 5.91 Å². The van der Waals surface area contributed by atoms with Crippen LogP contribution in [-0.2, 0) is 11.0 Å². The minimum Gasteiger partial charge on any atom is -0.478 e. The first kappa shape index (κ1) is 18.7. The highest BCUT2D eigenvalue weighted by Crippen LogP contribution is 2.42. The van der Waals surface area contributed by atoms with Crippen molar-refractivity contribution >= 4 is 17.6 Å². The molecule has 2 N–H and O–H groups in total. The van der Waals surface area contributed by atoms with Gasteiger partial charge >= 0.3 is 12.1 Å². The lowest BCUT2D eigenvalue weighted by Gasteiger charge is -2.26. The number of halogens is 3. The summed E-state index contributed by atoms with van der Waals surface area (Å²) < 4.78 is 40.9. The van der Waals surface area contributed by atoms with Crippen LogP contribution in [0, 0.1) is 0 Å². The van der Waals surface area contributed by atoms with Crippen molar-refractivity contribution in [3.05, 3.63) is 77.4 Å². The molecule has 0 aliphatic carbocycles. The van der Waals surface area contributed by atoms with E-state index in [2.05, 4.69) is 10.3 Å². The summed E-state index contributed by atoms with van der Waals surface area (Å²) in [5, 5.41) is 12.1. The SMILES string of the molecule is O=C1CC(c2cccnc2)c2c(c(C(=O)O)cn2-c2cccc(C(F)(F)F)c2)N1. The predicted octanol–water partition coefficient (Wildman–Crippen LogP) is 4.06. The van der Waals surface area contributed by atoms with Crippen molar-refractivity contribution < 1.29 is 27.9 Å². The third kappa shape index (κ3) is 3.35. The summed E-state index contributed by atoms with van der Waals surface area (Å²) in [7, 11) is 0. The zero-order valence-electron chi connectivity index (χ0n) is 14.8. The summed E-state index contributed by atoms with van der Waals surface area (Å²) >= 11 is 0. The van der Waals surface area contributed by atoms with Crippen LogP contribution in [0.4, 0.5) is 18.9 Å². The topological polar surface area (TPSA) is 84.2 Å². The molecular formula is C20H14F3N3O3. The minimum atomic E-state index is -4.55. The molecule has 0 spiro atoms. The number of fused-ring (bicyclic) bond motifs is 1. The van der Waals surface area contributed by atoms with Crippen molar-refractivity contribution in [2.75, 3.05) is 5.32 Å². The predicted molar refractivity (Wildman–Crippen MR) is 97.1 cm³/mol. The van der Waals surface area contributed by atoms with Gasteiger partial charge in [-0.3, -0.25) is 9.78 Å². The minimum absolute atomic E-state index is 0.0146. The van der Waals surface area contributed by atoms with E-state index in [4.69, 9.17) is 0 Å². The third-order valence-electron chi connectivity index (χ3n) is 4.80. The number of hydrogen-bond donors (Lipinski definition) is 2. The molecule has 1 unspecified atom stereocenters.